The first-order valence-electron chi connectivity index (χ1n) is 4.22. The monoisotopic (exact) mass is 216 g/mol. The molecule has 0 aliphatic carbocycles. The van der Waals surface area contributed by atoms with E-state index < -0.39 is 0 Å². The smallest absolute Gasteiger partial charge is 0.141 e. The fraction of sp³-hybridized carbons (Fsp3) is 0.500. The average molecular weight is 217 g/mol. The van der Waals surface area contributed by atoms with Crippen LogP contribution in [0.2, 0.25) is 5.02 Å². The van der Waals surface area contributed by atoms with E-state index in [1.165, 1.54) is 0 Å². The maximum absolute atomic E-state index is 8.40. The highest BCUT2D eigenvalue weighted by molar-refractivity contribution is 6.31. The summed E-state index contributed by atoms with van der Waals surface area (Å²) in [7, 11) is 0. The number of amidine groups is 1. The van der Waals surface area contributed by atoms with Crippen molar-refractivity contribution in [3.05, 3.63) is 16.9 Å². The second kappa shape index (κ2) is 4.32. The normalized spacial score (nSPS) is 14.4. The van der Waals surface area contributed by atoms with E-state index in [2.05, 4.69) is 10.3 Å². The second-order valence-electron chi connectivity index (χ2n) is 3.19. The second-order valence-corrected chi connectivity index (χ2v) is 3.59. The quantitative estimate of drug-likeness (QED) is 0.348. The summed E-state index contributed by atoms with van der Waals surface area (Å²) in [4.78, 5) is 0. The van der Waals surface area contributed by atoms with Crippen molar-refractivity contribution in [2.45, 2.75) is 26.3 Å². The molecule has 6 heteroatoms. The van der Waals surface area contributed by atoms with Gasteiger partial charge in [-0.3, -0.25) is 4.68 Å². The summed E-state index contributed by atoms with van der Waals surface area (Å²) in [6.07, 6.45) is 2.17. The molecule has 0 spiro atoms. The summed E-state index contributed by atoms with van der Waals surface area (Å²) in [5, 5.41) is 16.1. The third-order valence-corrected chi connectivity index (χ3v) is 2.31. The fourth-order valence-corrected chi connectivity index (χ4v) is 1.26. The molecule has 1 atom stereocenters. The standard InChI is InChI=1S/C8H13ClN4O/c1-5(3-8(10)12-14)13-4-7(9)6(2)11-13/h4-5,14H,3H2,1-2H3,(H2,10,12). The van der Waals surface area contributed by atoms with E-state index in [0.29, 0.717) is 11.4 Å². The van der Waals surface area contributed by atoms with Crippen molar-refractivity contribution in [2.75, 3.05) is 0 Å². The predicted molar refractivity (Wildman–Crippen MR) is 54.7 cm³/mol. The summed E-state index contributed by atoms with van der Waals surface area (Å²) < 4.78 is 1.70. The Morgan fingerprint density at radius 1 is 1.86 bits per heavy atom. The largest absolute Gasteiger partial charge is 0.409 e. The van der Waals surface area contributed by atoms with Gasteiger partial charge in [0.15, 0.2) is 0 Å². The molecule has 0 bridgehead atoms. The molecule has 1 heterocycles. The van der Waals surface area contributed by atoms with Gasteiger partial charge in [0, 0.05) is 12.6 Å². The van der Waals surface area contributed by atoms with Gasteiger partial charge in [-0.15, -0.1) is 0 Å². The lowest BCUT2D eigenvalue weighted by molar-refractivity contribution is 0.315. The summed E-state index contributed by atoms with van der Waals surface area (Å²) >= 11 is 5.85. The Kier molecular flexibility index (Phi) is 3.35. The molecular weight excluding hydrogens is 204 g/mol. The summed E-state index contributed by atoms with van der Waals surface area (Å²) in [6.45, 7) is 3.75. The van der Waals surface area contributed by atoms with E-state index in [1.807, 2.05) is 13.8 Å². The first kappa shape index (κ1) is 10.8. The van der Waals surface area contributed by atoms with Gasteiger partial charge in [0.2, 0.25) is 0 Å². The lowest BCUT2D eigenvalue weighted by Crippen LogP contribution is -2.18. The molecule has 1 rings (SSSR count). The Bertz CT molecular complexity index is 328. The molecule has 1 unspecified atom stereocenters. The summed E-state index contributed by atoms with van der Waals surface area (Å²) in [6, 6.07) is 0.0251. The van der Waals surface area contributed by atoms with E-state index in [0.717, 1.165) is 5.69 Å². The molecule has 0 radical (unpaired) electrons. The van der Waals surface area contributed by atoms with Gasteiger partial charge in [-0.05, 0) is 13.8 Å². The maximum atomic E-state index is 8.40. The number of oxime groups is 1. The molecule has 0 aliphatic heterocycles. The number of rotatable bonds is 3. The van der Waals surface area contributed by atoms with Crippen LogP contribution in [0.4, 0.5) is 0 Å². The maximum Gasteiger partial charge on any atom is 0.141 e. The number of nitrogens with zero attached hydrogens (tertiary/aromatic N) is 3. The van der Waals surface area contributed by atoms with Crippen molar-refractivity contribution in [1.29, 1.82) is 0 Å². The number of hydrogen-bond acceptors (Lipinski definition) is 3. The van der Waals surface area contributed by atoms with E-state index in [1.54, 1.807) is 10.9 Å². The van der Waals surface area contributed by atoms with Crippen LogP contribution in [0.3, 0.4) is 0 Å². The van der Waals surface area contributed by atoms with Crippen molar-refractivity contribution < 1.29 is 5.21 Å². The molecule has 78 valence electrons. The lowest BCUT2D eigenvalue weighted by atomic mass is 10.2. The van der Waals surface area contributed by atoms with Crippen LogP contribution in [-0.4, -0.2) is 20.8 Å². The lowest BCUT2D eigenvalue weighted by Gasteiger charge is -2.10. The van der Waals surface area contributed by atoms with E-state index in [9.17, 15) is 0 Å². The van der Waals surface area contributed by atoms with Gasteiger partial charge in [0.05, 0.1) is 16.8 Å². The van der Waals surface area contributed by atoms with Gasteiger partial charge in [0.1, 0.15) is 5.84 Å². The Morgan fingerprint density at radius 3 is 2.93 bits per heavy atom. The Morgan fingerprint density at radius 2 is 2.50 bits per heavy atom. The molecular formula is C8H13ClN4O. The summed E-state index contributed by atoms with van der Waals surface area (Å²) in [5.41, 5.74) is 6.16. The zero-order valence-electron chi connectivity index (χ0n) is 8.11. The predicted octanol–water partition coefficient (Wildman–Crippen LogP) is 1.54. The van der Waals surface area contributed by atoms with Crippen LogP contribution in [0.15, 0.2) is 11.4 Å². The van der Waals surface area contributed by atoms with Crippen molar-refractivity contribution in [3.63, 3.8) is 0 Å². The first-order valence-corrected chi connectivity index (χ1v) is 4.60. The van der Waals surface area contributed by atoms with E-state index in [4.69, 9.17) is 22.5 Å². The van der Waals surface area contributed by atoms with Crippen LogP contribution >= 0.6 is 11.6 Å². The Hall–Kier alpha value is -1.23. The van der Waals surface area contributed by atoms with Crippen LogP contribution in [0.25, 0.3) is 0 Å². The molecule has 3 N–H and O–H groups in total. The fourth-order valence-electron chi connectivity index (χ4n) is 1.12. The first-order chi connectivity index (χ1) is 6.54. The van der Waals surface area contributed by atoms with Crippen LogP contribution < -0.4 is 5.73 Å². The molecule has 0 amide bonds. The molecule has 0 fully saturated rings. The molecule has 1 aromatic heterocycles. The van der Waals surface area contributed by atoms with Crippen LogP contribution in [0.5, 0.6) is 0 Å². The van der Waals surface area contributed by atoms with E-state index >= 15 is 0 Å². The van der Waals surface area contributed by atoms with Gasteiger partial charge in [-0.1, -0.05) is 16.8 Å². The van der Waals surface area contributed by atoms with Gasteiger partial charge in [-0.2, -0.15) is 5.10 Å². The molecule has 5 nitrogen and oxygen atoms in total. The number of aryl methyl sites for hydroxylation is 1. The highest BCUT2D eigenvalue weighted by atomic mass is 35.5. The van der Waals surface area contributed by atoms with Crippen LogP contribution in [-0.2, 0) is 0 Å². The van der Waals surface area contributed by atoms with E-state index in [-0.39, 0.29) is 11.9 Å². The van der Waals surface area contributed by atoms with Crippen molar-refractivity contribution in [1.82, 2.24) is 9.78 Å². The molecule has 0 saturated carbocycles. The highest BCUT2D eigenvalue weighted by Gasteiger charge is 2.10. The minimum Gasteiger partial charge on any atom is -0.409 e. The number of halogens is 1. The van der Waals surface area contributed by atoms with Gasteiger partial charge in [0.25, 0.3) is 0 Å². The third-order valence-electron chi connectivity index (χ3n) is 1.94. The third kappa shape index (κ3) is 2.38. The molecule has 1 aromatic rings. The molecule has 0 aromatic carbocycles. The van der Waals surface area contributed by atoms with Gasteiger partial charge < -0.3 is 10.9 Å². The minimum atomic E-state index is 0.0251. The van der Waals surface area contributed by atoms with Crippen molar-refractivity contribution in [3.8, 4) is 0 Å². The number of aromatic nitrogens is 2. The number of nitrogens with two attached hydrogens (primary N) is 1. The highest BCUT2D eigenvalue weighted by Crippen LogP contribution is 2.17. The molecule has 14 heavy (non-hydrogen) atoms. The minimum absolute atomic E-state index is 0.0251. The topological polar surface area (TPSA) is 76.4 Å². The average Bonchev–Trinajstić information content (AvgIpc) is 2.47. The molecule has 0 saturated heterocycles. The number of hydrogen-bond donors (Lipinski definition) is 2. The SMILES string of the molecule is Cc1nn(C(C)CC(N)=NO)cc1Cl. The Labute approximate surface area is 87.2 Å². The zero-order valence-corrected chi connectivity index (χ0v) is 8.86. The summed E-state index contributed by atoms with van der Waals surface area (Å²) in [5.74, 6) is 0.182. The Balaban J connectivity index is 2.74. The zero-order chi connectivity index (χ0) is 10.7. The van der Waals surface area contributed by atoms with Crippen LogP contribution in [0, 0.1) is 6.92 Å². The van der Waals surface area contributed by atoms with Gasteiger partial charge >= 0.3 is 0 Å². The van der Waals surface area contributed by atoms with Crippen LogP contribution in [0.1, 0.15) is 25.1 Å². The van der Waals surface area contributed by atoms with Crippen molar-refractivity contribution in [2.24, 2.45) is 10.9 Å². The van der Waals surface area contributed by atoms with Crippen molar-refractivity contribution >= 4 is 17.4 Å². The molecule has 0 aliphatic rings. The van der Waals surface area contributed by atoms with Gasteiger partial charge in [-0.25, -0.2) is 0 Å².